The van der Waals surface area contributed by atoms with E-state index in [2.05, 4.69) is 15.0 Å². The SMILES string of the molecule is COC(=O)c1occc1CNCC1CN2CCCC2CO1. The van der Waals surface area contributed by atoms with Gasteiger partial charge in [-0.3, -0.25) is 4.90 Å². The summed E-state index contributed by atoms with van der Waals surface area (Å²) >= 11 is 0. The highest BCUT2D eigenvalue weighted by molar-refractivity contribution is 5.87. The Labute approximate surface area is 124 Å². The van der Waals surface area contributed by atoms with E-state index in [1.807, 2.05) is 0 Å². The second-order valence-corrected chi connectivity index (χ2v) is 5.64. The van der Waals surface area contributed by atoms with Gasteiger partial charge in [0.15, 0.2) is 0 Å². The minimum atomic E-state index is -0.439. The van der Waals surface area contributed by atoms with Crippen molar-refractivity contribution in [1.29, 1.82) is 0 Å². The van der Waals surface area contributed by atoms with E-state index >= 15 is 0 Å². The van der Waals surface area contributed by atoms with Crippen LogP contribution in [0.4, 0.5) is 0 Å². The smallest absolute Gasteiger partial charge is 0.374 e. The number of nitrogens with one attached hydrogen (secondary N) is 1. The molecule has 6 nitrogen and oxygen atoms in total. The molecule has 0 bridgehead atoms. The molecule has 116 valence electrons. The zero-order valence-electron chi connectivity index (χ0n) is 12.3. The Bertz CT molecular complexity index is 488. The first-order valence-electron chi connectivity index (χ1n) is 7.49. The quantitative estimate of drug-likeness (QED) is 0.818. The van der Waals surface area contributed by atoms with E-state index in [4.69, 9.17) is 9.15 Å². The summed E-state index contributed by atoms with van der Waals surface area (Å²) in [5.74, 6) is -0.167. The van der Waals surface area contributed by atoms with Gasteiger partial charge in [-0.25, -0.2) is 4.79 Å². The van der Waals surface area contributed by atoms with Crippen LogP contribution in [0.1, 0.15) is 29.0 Å². The molecule has 0 aromatic carbocycles. The largest absolute Gasteiger partial charge is 0.463 e. The number of carbonyl (C=O) groups is 1. The van der Waals surface area contributed by atoms with Gasteiger partial charge >= 0.3 is 5.97 Å². The van der Waals surface area contributed by atoms with Crippen LogP contribution in [-0.4, -0.2) is 56.4 Å². The summed E-state index contributed by atoms with van der Waals surface area (Å²) in [4.78, 5) is 14.0. The predicted octanol–water partition coefficient (Wildman–Crippen LogP) is 1.02. The first-order valence-corrected chi connectivity index (χ1v) is 7.49. The Kier molecular flexibility index (Phi) is 4.57. The number of fused-ring (bicyclic) bond motifs is 1. The number of furan rings is 1. The molecule has 0 saturated carbocycles. The van der Waals surface area contributed by atoms with E-state index in [0.717, 1.165) is 25.3 Å². The van der Waals surface area contributed by atoms with Gasteiger partial charge in [-0.05, 0) is 25.5 Å². The predicted molar refractivity (Wildman–Crippen MR) is 76.1 cm³/mol. The lowest BCUT2D eigenvalue weighted by molar-refractivity contribution is -0.0470. The Hall–Kier alpha value is -1.37. The maximum absolute atomic E-state index is 11.5. The van der Waals surface area contributed by atoms with Gasteiger partial charge in [-0.15, -0.1) is 0 Å². The third-order valence-corrected chi connectivity index (χ3v) is 4.27. The normalized spacial score (nSPS) is 25.8. The van der Waals surface area contributed by atoms with E-state index in [1.54, 1.807) is 6.07 Å². The molecule has 21 heavy (non-hydrogen) atoms. The van der Waals surface area contributed by atoms with Gasteiger partial charge in [0.25, 0.3) is 0 Å². The summed E-state index contributed by atoms with van der Waals surface area (Å²) in [6, 6.07) is 2.42. The molecule has 0 radical (unpaired) electrons. The van der Waals surface area contributed by atoms with E-state index in [1.165, 1.54) is 32.8 Å². The lowest BCUT2D eigenvalue weighted by atomic mass is 10.2. The van der Waals surface area contributed by atoms with Crippen molar-refractivity contribution in [3.8, 4) is 0 Å². The van der Waals surface area contributed by atoms with Crippen LogP contribution >= 0.6 is 0 Å². The average molecular weight is 294 g/mol. The minimum absolute atomic E-state index is 0.216. The van der Waals surface area contributed by atoms with Crippen molar-refractivity contribution in [2.45, 2.75) is 31.5 Å². The molecule has 0 spiro atoms. The van der Waals surface area contributed by atoms with E-state index in [-0.39, 0.29) is 11.9 Å². The van der Waals surface area contributed by atoms with Crippen molar-refractivity contribution in [1.82, 2.24) is 10.2 Å². The molecule has 2 saturated heterocycles. The molecule has 2 unspecified atom stereocenters. The van der Waals surface area contributed by atoms with Gasteiger partial charge in [0.05, 0.1) is 26.1 Å². The summed E-state index contributed by atoms with van der Waals surface area (Å²) in [5, 5.41) is 3.34. The number of methoxy groups -OCH3 is 1. The molecule has 3 heterocycles. The molecule has 0 amide bonds. The maximum atomic E-state index is 11.5. The van der Waals surface area contributed by atoms with Gasteiger partial charge in [0.2, 0.25) is 5.76 Å². The molecule has 1 N–H and O–H groups in total. The fourth-order valence-corrected chi connectivity index (χ4v) is 3.12. The number of esters is 1. The van der Waals surface area contributed by atoms with Gasteiger partial charge < -0.3 is 19.2 Å². The molecule has 1 aromatic rings. The van der Waals surface area contributed by atoms with Crippen molar-refractivity contribution >= 4 is 5.97 Å². The van der Waals surface area contributed by atoms with Crippen LogP contribution in [0, 0.1) is 0 Å². The van der Waals surface area contributed by atoms with Gasteiger partial charge in [0.1, 0.15) is 0 Å². The summed E-state index contributed by atoms with van der Waals surface area (Å²) in [5.41, 5.74) is 0.816. The fraction of sp³-hybridized carbons (Fsp3) is 0.667. The van der Waals surface area contributed by atoms with Crippen molar-refractivity contribution < 1.29 is 18.7 Å². The van der Waals surface area contributed by atoms with Crippen LogP contribution in [-0.2, 0) is 16.0 Å². The molecule has 6 heteroatoms. The summed E-state index contributed by atoms with van der Waals surface area (Å²) in [6.45, 7) is 4.37. The van der Waals surface area contributed by atoms with Crippen LogP contribution in [0.5, 0.6) is 0 Å². The molecule has 2 atom stereocenters. The number of rotatable bonds is 5. The summed E-state index contributed by atoms with van der Waals surface area (Å²) in [7, 11) is 1.35. The number of hydrogen-bond acceptors (Lipinski definition) is 6. The van der Waals surface area contributed by atoms with Crippen molar-refractivity contribution in [3.63, 3.8) is 0 Å². The first kappa shape index (κ1) is 14.6. The molecular weight excluding hydrogens is 272 g/mol. The standard InChI is InChI=1S/C15H22N2O4/c1-19-15(18)14-11(4-6-20-14)7-16-8-13-9-17-5-2-3-12(17)10-21-13/h4,6,12-13,16H,2-3,5,7-10H2,1H3. The van der Waals surface area contributed by atoms with Gasteiger partial charge in [0, 0.05) is 31.2 Å². The number of nitrogens with zero attached hydrogens (tertiary/aromatic N) is 1. The number of hydrogen-bond donors (Lipinski definition) is 1. The van der Waals surface area contributed by atoms with Crippen LogP contribution in [0.3, 0.4) is 0 Å². The molecule has 2 fully saturated rings. The first-order chi connectivity index (χ1) is 10.3. The van der Waals surface area contributed by atoms with Crippen molar-refractivity contribution in [3.05, 3.63) is 23.7 Å². The Morgan fingerprint density at radius 1 is 1.57 bits per heavy atom. The van der Waals surface area contributed by atoms with Gasteiger partial charge in [-0.2, -0.15) is 0 Å². The zero-order valence-corrected chi connectivity index (χ0v) is 12.3. The van der Waals surface area contributed by atoms with Crippen molar-refractivity contribution in [2.75, 3.05) is 33.4 Å². The second-order valence-electron chi connectivity index (χ2n) is 5.64. The number of ether oxygens (including phenoxy) is 2. The van der Waals surface area contributed by atoms with Crippen LogP contribution < -0.4 is 5.32 Å². The monoisotopic (exact) mass is 294 g/mol. The van der Waals surface area contributed by atoms with Crippen molar-refractivity contribution in [2.24, 2.45) is 0 Å². The lowest BCUT2D eigenvalue weighted by Gasteiger charge is -2.35. The second kappa shape index (κ2) is 6.60. The highest BCUT2D eigenvalue weighted by Gasteiger charge is 2.31. The van der Waals surface area contributed by atoms with Gasteiger partial charge in [-0.1, -0.05) is 0 Å². The molecule has 2 aliphatic rings. The van der Waals surface area contributed by atoms with E-state index in [9.17, 15) is 4.79 Å². The lowest BCUT2D eigenvalue weighted by Crippen LogP contribution is -2.49. The summed E-state index contributed by atoms with van der Waals surface area (Å²) in [6.07, 6.45) is 4.27. The molecular formula is C15H22N2O4. The number of morpholine rings is 1. The number of carbonyl (C=O) groups excluding carboxylic acids is 1. The van der Waals surface area contributed by atoms with E-state index in [0.29, 0.717) is 12.6 Å². The third-order valence-electron chi connectivity index (χ3n) is 4.27. The Morgan fingerprint density at radius 2 is 2.48 bits per heavy atom. The molecule has 0 aliphatic carbocycles. The van der Waals surface area contributed by atoms with E-state index < -0.39 is 5.97 Å². The minimum Gasteiger partial charge on any atom is -0.463 e. The fourth-order valence-electron chi connectivity index (χ4n) is 3.12. The van der Waals surface area contributed by atoms with Crippen LogP contribution in [0.2, 0.25) is 0 Å². The average Bonchev–Trinajstić information content (AvgIpc) is 3.14. The topological polar surface area (TPSA) is 63.9 Å². The van der Waals surface area contributed by atoms with Crippen LogP contribution in [0.25, 0.3) is 0 Å². The molecule has 2 aliphatic heterocycles. The highest BCUT2D eigenvalue weighted by atomic mass is 16.5. The van der Waals surface area contributed by atoms with Crippen LogP contribution in [0.15, 0.2) is 16.7 Å². The summed E-state index contributed by atoms with van der Waals surface area (Å²) < 4.78 is 15.7. The highest BCUT2D eigenvalue weighted by Crippen LogP contribution is 2.22. The zero-order chi connectivity index (χ0) is 14.7. The maximum Gasteiger partial charge on any atom is 0.374 e. The third kappa shape index (κ3) is 3.28. The molecule has 1 aromatic heterocycles. The molecule has 3 rings (SSSR count). The Balaban J connectivity index is 1.46. The Morgan fingerprint density at radius 3 is 3.33 bits per heavy atom.